The number of amides is 1. The largest absolute Gasteiger partial charge is 0.479 e. The first-order valence-corrected chi connectivity index (χ1v) is 12.3. The molecule has 0 unspecified atom stereocenters. The van der Waals surface area contributed by atoms with Crippen molar-refractivity contribution in [1.82, 2.24) is 34.8 Å². The number of anilines is 1. The fourth-order valence-electron chi connectivity index (χ4n) is 4.65. The van der Waals surface area contributed by atoms with Gasteiger partial charge in [0.2, 0.25) is 11.8 Å². The molecular weight excluding hydrogens is 475 g/mol. The van der Waals surface area contributed by atoms with Gasteiger partial charge in [-0.2, -0.15) is 0 Å². The minimum absolute atomic E-state index is 0.0694. The number of carbonyl (C=O) groups is 1. The van der Waals surface area contributed by atoms with Crippen LogP contribution in [0.1, 0.15) is 43.7 Å². The third-order valence-corrected chi connectivity index (χ3v) is 6.36. The number of hydrogen-bond donors (Lipinski definition) is 1. The first kappa shape index (κ1) is 24.7. The highest BCUT2D eigenvalue weighted by atomic mass is 19.1. The van der Waals surface area contributed by atoms with Gasteiger partial charge >= 0.3 is 0 Å². The first-order valence-electron chi connectivity index (χ1n) is 12.3. The number of aryl methyl sites for hydroxylation is 1. The van der Waals surface area contributed by atoms with Crippen LogP contribution in [0.15, 0.2) is 30.6 Å². The molecule has 1 amide bonds. The van der Waals surface area contributed by atoms with Gasteiger partial charge in [0, 0.05) is 37.8 Å². The number of carbonyl (C=O) groups excluding carboxylic acids is 1. The summed E-state index contributed by atoms with van der Waals surface area (Å²) in [6.07, 6.45) is 3.58. The molecule has 4 aromatic rings. The van der Waals surface area contributed by atoms with E-state index >= 15 is 0 Å². The van der Waals surface area contributed by atoms with Crippen LogP contribution in [0.25, 0.3) is 22.4 Å². The molecule has 1 N–H and O–H groups in total. The number of aromatic nitrogens is 6. The van der Waals surface area contributed by atoms with E-state index in [1.807, 2.05) is 19.1 Å². The van der Waals surface area contributed by atoms with Crippen molar-refractivity contribution in [3.63, 3.8) is 0 Å². The van der Waals surface area contributed by atoms with Crippen LogP contribution in [0.5, 0.6) is 5.88 Å². The molecular formula is C26H29FN8O2. The Hall–Kier alpha value is -3.99. The number of hydrogen-bond acceptors (Lipinski definition) is 8. The van der Waals surface area contributed by atoms with Crippen LogP contribution < -0.4 is 15.0 Å². The molecule has 5 heterocycles. The highest BCUT2D eigenvalue weighted by Gasteiger charge is 2.21. The molecule has 11 heteroatoms. The molecule has 4 aromatic heterocycles. The summed E-state index contributed by atoms with van der Waals surface area (Å²) < 4.78 is 22.5. The van der Waals surface area contributed by atoms with Gasteiger partial charge in [-0.1, -0.05) is 0 Å². The van der Waals surface area contributed by atoms with E-state index < -0.39 is 5.82 Å². The van der Waals surface area contributed by atoms with Crippen LogP contribution in [0, 0.1) is 12.7 Å². The van der Waals surface area contributed by atoms with Gasteiger partial charge in [0.15, 0.2) is 11.3 Å². The summed E-state index contributed by atoms with van der Waals surface area (Å²) in [6.45, 7) is 8.05. The second kappa shape index (κ2) is 10.2. The molecule has 0 radical (unpaired) electrons. The third kappa shape index (κ3) is 4.86. The van der Waals surface area contributed by atoms with Gasteiger partial charge in [-0.05, 0) is 39.0 Å². The van der Waals surface area contributed by atoms with Crippen LogP contribution in [0.4, 0.5) is 10.1 Å². The van der Waals surface area contributed by atoms with Gasteiger partial charge in [0.25, 0.3) is 0 Å². The Kier molecular flexibility index (Phi) is 6.79. The fourth-order valence-corrected chi connectivity index (χ4v) is 4.65. The second-order valence-electron chi connectivity index (χ2n) is 9.22. The van der Waals surface area contributed by atoms with E-state index in [0.29, 0.717) is 54.5 Å². The predicted octanol–water partition coefficient (Wildman–Crippen LogP) is 3.24. The van der Waals surface area contributed by atoms with Crippen LogP contribution in [-0.4, -0.2) is 62.1 Å². The Labute approximate surface area is 214 Å². The van der Waals surface area contributed by atoms with Crippen LogP contribution in [0.2, 0.25) is 0 Å². The summed E-state index contributed by atoms with van der Waals surface area (Å²) >= 11 is 0. The number of rotatable bonds is 6. The highest BCUT2D eigenvalue weighted by Crippen LogP contribution is 2.31. The van der Waals surface area contributed by atoms with E-state index in [4.69, 9.17) is 4.74 Å². The molecule has 1 saturated heterocycles. The first-order chi connectivity index (χ1) is 17.9. The number of methoxy groups -OCH3 is 1. The lowest BCUT2D eigenvalue weighted by atomic mass is 10.2. The summed E-state index contributed by atoms with van der Waals surface area (Å²) in [6, 6.07) is 5.63. The molecule has 0 bridgehead atoms. The Morgan fingerprint density at radius 1 is 1.14 bits per heavy atom. The van der Waals surface area contributed by atoms with Crippen molar-refractivity contribution >= 4 is 22.6 Å². The SMILES string of the molecule is COc1nc(-c2nc(Cc3ccc(N4CCNCCC4=O)cn3)ncc2F)cc2c1nc(C)n2C(C)C. The van der Waals surface area contributed by atoms with E-state index in [1.54, 1.807) is 17.2 Å². The maximum absolute atomic E-state index is 14.9. The van der Waals surface area contributed by atoms with E-state index in [0.717, 1.165) is 29.8 Å². The molecule has 1 fully saturated rings. The lowest BCUT2D eigenvalue weighted by molar-refractivity contribution is -0.118. The Morgan fingerprint density at radius 3 is 2.70 bits per heavy atom. The van der Waals surface area contributed by atoms with Crippen molar-refractivity contribution in [3.8, 4) is 17.3 Å². The summed E-state index contributed by atoms with van der Waals surface area (Å²) in [5, 5.41) is 3.22. The Balaban J connectivity index is 1.46. The minimum atomic E-state index is -0.582. The van der Waals surface area contributed by atoms with Gasteiger partial charge in [-0.3, -0.25) is 9.78 Å². The molecule has 0 saturated carbocycles. The monoisotopic (exact) mass is 504 g/mol. The molecule has 1 aliphatic heterocycles. The standard InChI is InChI=1S/C26H29FN8O2/c1-15(2)35-16(3)31-25-21(35)12-20(32-26(25)37-4)24-19(27)14-30-22(33-24)11-17-5-6-18(13-29-17)34-10-9-28-8-7-23(34)36/h5-6,12-15,28H,7-11H2,1-4H3. The number of nitrogens with zero attached hydrogens (tertiary/aromatic N) is 7. The van der Waals surface area contributed by atoms with Crippen molar-refractivity contribution in [2.24, 2.45) is 0 Å². The van der Waals surface area contributed by atoms with Gasteiger partial charge < -0.3 is 19.5 Å². The Morgan fingerprint density at radius 2 is 1.97 bits per heavy atom. The number of fused-ring (bicyclic) bond motifs is 1. The Bertz CT molecular complexity index is 1450. The summed E-state index contributed by atoms with van der Waals surface area (Å²) in [4.78, 5) is 36.4. The number of imidazole rings is 1. The number of nitrogens with one attached hydrogen (secondary N) is 1. The molecule has 1 aliphatic rings. The molecule has 0 spiro atoms. The maximum Gasteiger partial charge on any atom is 0.242 e. The second-order valence-corrected chi connectivity index (χ2v) is 9.22. The maximum atomic E-state index is 14.9. The average Bonchev–Trinajstić information content (AvgIpc) is 3.07. The number of halogens is 1. The van der Waals surface area contributed by atoms with Gasteiger partial charge in [0.1, 0.15) is 17.3 Å². The fraction of sp³-hybridized carbons (Fsp3) is 0.385. The summed E-state index contributed by atoms with van der Waals surface area (Å²) in [5.41, 5.74) is 3.29. The zero-order valence-electron chi connectivity index (χ0n) is 21.3. The quantitative estimate of drug-likeness (QED) is 0.426. The van der Waals surface area contributed by atoms with Gasteiger partial charge in [0.05, 0.1) is 42.8 Å². The lowest BCUT2D eigenvalue weighted by Gasteiger charge is -2.20. The van der Waals surface area contributed by atoms with Gasteiger partial charge in [-0.25, -0.2) is 24.3 Å². The molecule has 10 nitrogen and oxygen atoms in total. The summed E-state index contributed by atoms with van der Waals surface area (Å²) in [5.74, 6) is 1.02. The third-order valence-electron chi connectivity index (χ3n) is 6.36. The smallest absolute Gasteiger partial charge is 0.242 e. The van der Waals surface area contributed by atoms with Crippen molar-refractivity contribution in [2.45, 2.75) is 39.7 Å². The van der Waals surface area contributed by atoms with Gasteiger partial charge in [-0.15, -0.1) is 0 Å². The van der Waals surface area contributed by atoms with Crippen molar-refractivity contribution in [2.75, 3.05) is 31.6 Å². The van der Waals surface area contributed by atoms with Crippen LogP contribution >= 0.6 is 0 Å². The molecule has 192 valence electrons. The average molecular weight is 505 g/mol. The van der Waals surface area contributed by atoms with E-state index in [2.05, 4.69) is 48.7 Å². The molecule has 37 heavy (non-hydrogen) atoms. The molecule has 0 aliphatic carbocycles. The lowest BCUT2D eigenvalue weighted by Crippen LogP contribution is -2.32. The minimum Gasteiger partial charge on any atom is -0.479 e. The predicted molar refractivity (Wildman–Crippen MR) is 137 cm³/mol. The molecule has 5 rings (SSSR count). The van der Waals surface area contributed by atoms with Crippen molar-refractivity contribution < 1.29 is 13.9 Å². The van der Waals surface area contributed by atoms with Crippen LogP contribution in [-0.2, 0) is 11.2 Å². The normalized spacial score (nSPS) is 14.4. The molecule has 0 atom stereocenters. The highest BCUT2D eigenvalue weighted by molar-refractivity contribution is 5.93. The van der Waals surface area contributed by atoms with Crippen LogP contribution in [0.3, 0.4) is 0 Å². The zero-order valence-corrected chi connectivity index (χ0v) is 21.3. The number of pyridine rings is 2. The summed E-state index contributed by atoms with van der Waals surface area (Å²) in [7, 11) is 1.52. The topological polar surface area (TPSA) is 111 Å². The number of ether oxygens (including phenoxy) is 1. The van der Waals surface area contributed by atoms with E-state index in [-0.39, 0.29) is 17.6 Å². The van der Waals surface area contributed by atoms with Crippen molar-refractivity contribution in [1.29, 1.82) is 0 Å². The van der Waals surface area contributed by atoms with E-state index in [1.165, 1.54) is 7.11 Å². The van der Waals surface area contributed by atoms with E-state index in [9.17, 15) is 9.18 Å². The zero-order chi connectivity index (χ0) is 26.1. The van der Waals surface area contributed by atoms with Crippen molar-refractivity contribution in [3.05, 3.63) is 53.8 Å². The molecule has 0 aromatic carbocycles.